The molecule has 2 aromatic carbocycles. The summed E-state index contributed by atoms with van der Waals surface area (Å²) in [4.78, 5) is 0. The highest BCUT2D eigenvalue weighted by molar-refractivity contribution is 6.32. The third-order valence-electron chi connectivity index (χ3n) is 3.49. The minimum absolute atomic E-state index is 0.425. The maximum atomic E-state index is 6.10. The minimum Gasteiger partial charge on any atom is -0.491 e. The van der Waals surface area contributed by atoms with Crippen LogP contribution in [-0.4, -0.2) is 13.2 Å². The Kier molecular flexibility index (Phi) is 3.60. The van der Waals surface area contributed by atoms with Crippen molar-refractivity contribution in [2.75, 3.05) is 18.5 Å². The molecule has 0 saturated carbocycles. The molecule has 98 valence electrons. The molecule has 1 atom stereocenters. The third-order valence-corrected chi connectivity index (χ3v) is 3.80. The summed E-state index contributed by atoms with van der Waals surface area (Å²) in [5.74, 6) is 1.19. The SMILES string of the molecule is Clc1ccccc1OCC1CCNc2ccccc21. The Morgan fingerprint density at radius 2 is 1.89 bits per heavy atom. The standard InChI is InChI=1S/C16H16ClNO/c17-14-6-2-4-8-16(14)19-11-12-9-10-18-15-7-3-1-5-13(12)15/h1-8,12,18H,9-11H2. The van der Waals surface area contributed by atoms with Crippen molar-refractivity contribution < 1.29 is 4.74 Å². The van der Waals surface area contributed by atoms with Gasteiger partial charge in [0.25, 0.3) is 0 Å². The summed E-state index contributed by atoms with van der Waals surface area (Å²) >= 11 is 6.10. The largest absolute Gasteiger partial charge is 0.491 e. The van der Waals surface area contributed by atoms with E-state index in [2.05, 4.69) is 29.6 Å². The minimum atomic E-state index is 0.425. The Morgan fingerprint density at radius 1 is 1.11 bits per heavy atom. The van der Waals surface area contributed by atoms with Gasteiger partial charge in [0.2, 0.25) is 0 Å². The summed E-state index contributed by atoms with van der Waals surface area (Å²) in [7, 11) is 0. The van der Waals surface area contributed by atoms with Gasteiger partial charge in [-0.25, -0.2) is 0 Å². The molecule has 3 heteroatoms. The molecule has 2 aromatic rings. The molecule has 3 rings (SSSR count). The summed E-state index contributed by atoms with van der Waals surface area (Å²) in [6.07, 6.45) is 1.08. The number of hydrogen-bond donors (Lipinski definition) is 1. The van der Waals surface area contributed by atoms with E-state index < -0.39 is 0 Å². The molecule has 2 nitrogen and oxygen atoms in total. The Hall–Kier alpha value is -1.67. The number of hydrogen-bond acceptors (Lipinski definition) is 2. The molecular weight excluding hydrogens is 258 g/mol. The van der Waals surface area contributed by atoms with Crippen LogP contribution in [0.4, 0.5) is 5.69 Å². The lowest BCUT2D eigenvalue weighted by molar-refractivity contribution is 0.282. The van der Waals surface area contributed by atoms with Crippen molar-refractivity contribution in [3.05, 3.63) is 59.1 Å². The molecule has 0 radical (unpaired) electrons. The van der Waals surface area contributed by atoms with Crippen LogP contribution in [0.5, 0.6) is 5.75 Å². The second-order valence-corrected chi connectivity index (χ2v) is 5.15. The monoisotopic (exact) mass is 273 g/mol. The van der Waals surface area contributed by atoms with E-state index in [0.29, 0.717) is 17.5 Å². The summed E-state index contributed by atoms with van der Waals surface area (Å²) in [6, 6.07) is 16.0. The van der Waals surface area contributed by atoms with E-state index in [1.807, 2.05) is 24.3 Å². The van der Waals surface area contributed by atoms with Crippen molar-refractivity contribution >= 4 is 17.3 Å². The molecular formula is C16H16ClNO. The van der Waals surface area contributed by atoms with Crippen molar-refractivity contribution in [1.29, 1.82) is 0 Å². The predicted octanol–water partition coefficient (Wildman–Crippen LogP) is 4.32. The Balaban J connectivity index is 1.73. The van der Waals surface area contributed by atoms with E-state index in [1.165, 1.54) is 11.3 Å². The van der Waals surface area contributed by atoms with Crippen LogP contribution in [0.1, 0.15) is 17.9 Å². The van der Waals surface area contributed by atoms with Crippen LogP contribution in [-0.2, 0) is 0 Å². The van der Waals surface area contributed by atoms with Gasteiger partial charge >= 0.3 is 0 Å². The van der Waals surface area contributed by atoms with Gasteiger partial charge in [-0.2, -0.15) is 0 Å². The number of rotatable bonds is 3. The molecule has 0 spiro atoms. The summed E-state index contributed by atoms with van der Waals surface area (Å²) in [6.45, 7) is 1.66. The van der Waals surface area contributed by atoms with E-state index in [4.69, 9.17) is 16.3 Å². The quantitative estimate of drug-likeness (QED) is 0.899. The molecule has 1 aliphatic heterocycles. The van der Waals surface area contributed by atoms with Crippen molar-refractivity contribution in [3.63, 3.8) is 0 Å². The Labute approximate surface area is 118 Å². The topological polar surface area (TPSA) is 21.3 Å². The molecule has 1 unspecified atom stereocenters. The smallest absolute Gasteiger partial charge is 0.137 e. The van der Waals surface area contributed by atoms with Gasteiger partial charge in [0.05, 0.1) is 11.6 Å². The molecule has 1 heterocycles. The van der Waals surface area contributed by atoms with Gasteiger partial charge in [0, 0.05) is 18.2 Å². The van der Waals surface area contributed by atoms with Crippen molar-refractivity contribution in [3.8, 4) is 5.75 Å². The number of fused-ring (bicyclic) bond motifs is 1. The molecule has 0 saturated heterocycles. The van der Waals surface area contributed by atoms with Gasteiger partial charge in [-0.15, -0.1) is 0 Å². The summed E-state index contributed by atoms with van der Waals surface area (Å²) < 4.78 is 5.87. The van der Waals surface area contributed by atoms with Crippen molar-refractivity contribution in [1.82, 2.24) is 0 Å². The fourth-order valence-corrected chi connectivity index (χ4v) is 2.67. The molecule has 1 aliphatic rings. The second-order valence-electron chi connectivity index (χ2n) is 4.74. The van der Waals surface area contributed by atoms with Crippen LogP contribution in [0.25, 0.3) is 0 Å². The molecule has 0 aliphatic carbocycles. The zero-order chi connectivity index (χ0) is 13.1. The van der Waals surface area contributed by atoms with Gasteiger partial charge in [0.15, 0.2) is 0 Å². The van der Waals surface area contributed by atoms with Gasteiger partial charge in [-0.3, -0.25) is 0 Å². The lowest BCUT2D eigenvalue weighted by Gasteiger charge is -2.26. The first-order valence-electron chi connectivity index (χ1n) is 6.55. The highest BCUT2D eigenvalue weighted by Gasteiger charge is 2.20. The molecule has 1 N–H and O–H groups in total. The first kappa shape index (κ1) is 12.4. The van der Waals surface area contributed by atoms with Crippen LogP contribution >= 0.6 is 11.6 Å². The first-order valence-corrected chi connectivity index (χ1v) is 6.92. The molecule has 0 bridgehead atoms. The van der Waals surface area contributed by atoms with E-state index in [-0.39, 0.29) is 0 Å². The average Bonchev–Trinajstić information content (AvgIpc) is 2.46. The lowest BCUT2D eigenvalue weighted by Crippen LogP contribution is -2.21. The normalized spacial score (nSPS) is 17.4. The van der Waals surface area contributed by atoms with Crippen LogP contribution in [0.2, 0.25) is 5.02 Å². The maximum Gasteiger partial charge on any atom is 0.137 e. The summed E-state index contributed by atoms with van der Waals surface area (Å²) in [5, 5.41) is 4.09. The van der Waals surface area contributed by atoms with Crippen LogP contribution in [0.15, 0.2) is 48.5 Å². The fraction of sp³-hybridized carbons (Fsp3) is 0.250. The van der Waals surface area contributed by atoms with E-state index >= 15 is 0 Å². The number of halogens is 1. The predicted molar refractivity (Wildman–Crippen MR) is 79.2 cm³/mol. The maximum absolute atomic E-state index is 6.10. The second kappa shape index (κ2) is 5.54. The lowest BCUT2D eigenvalue weighted by atomic mass is 9.92. The first-order chi connectivity index (χ1) is 9.34. The van der Waals surface area contributed by atoms with Gasteiger partial charge < -0.3 is 10.1 Å². The van der Waals surface area contributed by atoms with Crippen LogP contribution in [0, 0.1) is 0 Å². The van der Waals surface area contributed by atoms with Gasteiger partial charge in [-0.1, -0.05) is 41.9 Å². The highest BCUT2D eigenvalue weighted by Crippen LogP contribution is 2.32. The highest BCUT2D eigenvalue weighted by atomic mass is 35.5. The van der Waals surface area contributed by atoms with E-state index in [9.17, 15) is 0 Å². The number of nitrogens with one attached hydrogen (secondary N) is 1. The molecule has 0 fully saturated rings. The summed E-state index contributed by atoms with van der Waals surface area (Å²) in [5.41, 5.74) is 2.56. The average molecular weight is 274 g/mol. The van der Waals surface area contributed by atoms with Crippen LogP contribution < -0.4 is 10.1 Å². The molecule has 0 aromatic heterocycles. The molecule has 19 heavy (non-hydrogen) atoms. The number of ether oxygens (including phenoxy) is 1. The van der Waals surface area contributed by atoms with Gasteiger partial charge in [0.1, 0.15) is 5.75 Å². The van der Waals surface area contributed by atoms with Gasteiger partial charge in [-0.05, 0) is 30.2 Å². The Bertz CT molecular complexity index is 570. The van der Waals surface area contributed by atoms with Crippen molar-refractivity contribution in [2.24, 2.45) is 0 Å². The number of para-hydroxylation sites is 2. The zero-order valence-corrected chi connectivity index (χ0v) is 11.4. The number of benzene rings is 2. The van der Waals surface area contributed by atoms with E-state index in [0.717, 1.165) is 18.7 Å². The van der Waals surface area contributed by atoms with Crippen molar-refractivity contribution in [2.45, 2.75) is 12.3 Å². The third kappa shape index (κ3) is 2.69. The zero-order valence-electron chi connectivity index (χ0n) is 10.6. The van der Waals surface area contributed by atoms with Crippen LogP contribution in [0.3, 0.4) is 0 Å². The number of anilines is 1. The fourth-order valence-electron chi connectivity index (χ4n) is 2.48. The molecule has 0 amide bonds. The Morgan fingerprint density at radius 3 is 2.79 bits per heavy atom. The van der Waals surface area contributed by atoms with E-state index in [1.54, 1.807) is 0 Å².